The van der Waals surface area contributed by atoms with Crippen LogP contribution in [0.2, 0.25) is 0 Å². The molecule has 0 aliphatic rings. The largest absolute Gasteiger partial charge is 0.466 e. The van der Waals surface area contributed by atoms with E-state index < -0.39 is 0 Å². The van der Waals surface area contributed by atoms with Crippen molar-refractivity contribution in [3.63, 3.8) is 0 Å². The summed E-state index contributed by atoms with van der Waals surface area (Å²) in [4.78, 5) is 12.0. The van der Waals surface area contributed by atoms with Crippen LogP contribution in [-0.4, -0.2) is 12.6 Å². The lowest BCUT2D eigenvalue weighted by Crippen LogP contribution is -2.05. The number of rotatable bonds is 40. The Bertz CT molecular complexity index is 745. The van der Waals surface area contributed by atoms with Gasteiger partial charge in [-0.2, -0.15) is 0 Å². The molecule has 0 fully saturated rings. The normalized spacial score (nSPS) is 12.1. The van der Waals surface area contributed by atoms with E-state index in [0.29, 0.717) is 13.0 Å². The van der Waals surface area contributed by atoms with Crippen molar-refractivity contribution in [2.45, 2.75) is 239 Å². The highest BCUT2D eigenvalue weighted by molar-refractivity contribution is 5.69. The van der Waals surface area contributed by atoms with Crippen LogP contribution in [0.25, 0.3) is 0 Å². The molecule has 0 rings (SSSR count). The minimum atomic E-state index is -0.0276. The van der Waals surface area contributed by atoms with Crippen molar-refractivity contribution in [2.75, 3.05) is 6.61 Å². The Morgan fingerprint density at radius 1 is 0.347 bits per heavy atom. The lowest BCUT2D eigenvalue weighted by molar-refractivity contribution is -0.143. The second-order valence-electron chi connectivity index (χ2n) is 14.7. The monoisotopic (exact) mass is 683 g/mol. The summed E-state index contributed by atoms with van der Waals surface area (Å²) in [5.41, 5.74) is 0. The molecule has 0 aliphatic heterocycles. The van der Waals surface area contributed by atoms with Gasteiger partial charge in [-0.05, 0) is 51.4 Å². The minimum absolute atomic E-state index is 0.0276. The molecular weight excluding hydrogens is 597 g/mol. The Balaban J connectivity index is 3.26. The zero-order valence-corrected chi connectivity index (χ0v) is 33.4. The van der Waals surface area contributed by atoms with E-state index in [1.807, 2.05) is 0 Å². The third kappa shape index (κ3) is 44.4. The van der Waals surface area contributed by atoms with Crippen molar-refractivity contribution in [1.82, 2.24) is 0 Å². The Morgan fingerprint density at radius 2 is 0.633 bits per heavy atom. The SMILES string of the molecule is CCCCC/C=C\C/C=C\C/C=C\C/C=C\CCCC(=O)OCCCCCCCCCCCCCCCCCCCCCCCCCCC. The van der Waals surface area contributed by atoms with Crippen LogP contribution < -0.4 is 0 Å². The van der Waals surface area contributed by atoms with Gasteiger partial charge in [0.2, 0.25) is 0 Å². The Morgan fingerprint density at radius 3 is 1.00 bits per heavy atom. The Labute approximate surface area is 308 Å². The summed E-state index contributed by atoms with van der Waals surface area (Å²) in [6.45, 7) is 5.15. The molecule has 0 heterocycles. The van der Waals surface area contributed by atoms with Gasteiger partial charge >= 0.3 is 5.97 Å². The van der Waals surface area contributed by atoms with E-state index in [1.54, 1.807) is 0 Å². The molecule has 286 valence electrons. The maximum atomic E-state index is 12.0. The van der Waals surface area contributed by atoms with Gasteiger partial charge in [-0.1, -0.05) is 229 Å². The van der Waals surface area contributed by atoms with Crippen LogP contribution in [0, 0.1) is 0 Å². The average Bonchev–Trinajstić information content (AvgIpc) is 3.11. The van der Waals surface area contributed by atoms with E-state index in [0.717, 1.165) is 38.5 Å². The minimum Gasteiger partial charge on any atom is -0.466 e. The zero-order valence-electron chi connectivity index (χ0n) is 33.4. The highest BCUT2D eigenvalue weighted by Gasteiger charge is 2.02. The van der Waals surface area contributed by atoms with Crippen LogP contribution in [0.3, 0.4) is 0 Å². The molecule has 0 atom stereocenters. The fraction of sp³-hybridized carbons (Fsp3) is 0.809. The number of hydrogen-bond donors (Lipinski definition) is 0. The summed E-state index contributed by atoms with van der Waals surface area (Å²) in [6, 6.07) is 0. The maximum Gasteiger partial charge on any atom is 0.305 e. The molecule has 0 aromatic carbocycles. The van der Waals surface area contributed by atoms with Crippen LogP contribution in [-0.2, 0) is 9.53 Å². The van der Waals surface area contributed by atoms with Crippen molar-refractivity contribution in [3.05, 3.63) is 48.6 Å². The molecule has 2 nitrogen and oxygen atoms in total. The fourth-order valence-corrected chi connectivity index (χ4v) is 6.42. The molecule has 0 unspecified atom stereocenters. The first-order chi connectivity index (χ1) is 24.3. The van der Waals surface area contributed by atoms with Gasteiger partial charge in [-0.25, -0.2) is 0 Å². The number of esters is 1. The fourth-order valence-electron chi connectivity index (χ4n) is 6.42. The smallest absolute Gasteiger partial charge is 0.305 e. The van der Waals surface area contributed by atoms with Gasteiger partial charge in [0.1, 0.15) is 0 Å². The number of carbonyl (C=O) groups is 1. The summed E-state index contributed by atoms with van der Waals surface area (Å²) < 4.78 is 5.44. The first kappa shape index (κ1) is 47.4. The van der Waals surface area contributed by atoms with Crippen LogP contribution in [0.4, 0.5) is 0 Å². The van der Waals surface area contributed by atoms with E-state index in [-0.39, 0.29) is 5.97 Å². The summed E-state index contributed by atoms with van der Waals surface area (Å²) >= 11 is 0. The molecule has 0 saturated carbocycles. The standard InChI is InChI=1S/C47H86O2/c1-3-5-7-9-11-13-15-17-19-21-22-23-24-25-26-27-28-30-32-34-36-38-40-42-44-46-49-47(48)45-43-41-39-37-35-33-31-29-20-18-16-14-12-10-8-6-4-2/h12,14,18,20,31,33,37,39H,3-11,13,15-17,19,21-30,32,34-36,38,40-46H2,1-2H3/b14-12-,20-18-,33-31-,39-37-. The van der Waals surface area contributed by atoms with Crippen molar-refractivity contribution in [2.24, 2.45) is 0 Å². The van der Waals surface area contributed by atoms with Gasteiger partial charge in [0.05, 0.1) is 6.61 Å². The molecular formula is C47H86O2. The van der Waals surface area contributed by atoms with E-state index in [2.05, 4.69) is 62.5 Å². The Kier molecular flexibility index (Phi) is 43.0. The summed E-state index contributed by atoms with van der Waals surface area (Å²) in [6.07, 6.45) is 63.6. The summed E-state index contributed by atoms with van der Waals surface area (Å²) in [5, 5.41) is 0. The predicted octanol–water partition coefficient (Wildman–Crippen LogP) is 16.4. The molecule has 0 bridgehead atoms. The van der Waals surface area contributed by atoms with Crippen molar-refractivity contribution >= 4 is 5.97 Å². The molecule has 0 aliphatic carbocycles. The van der Waals surface area contributed by atoms with Crippen molar-refractivity contribution in [3.8, 4) is 0 Å². The molecule has 2 heteroatoms. The molecule has 0 spiro atoms. The van der Waals surface area contributed by atoms with Crippen molar-refractivity contribution in [1.29, 1.82) is 0 Å². The topological polar surface area (TPSA) is 26.3 Å². The highest BCUT2D eigenvalue weighted by atomic mass is 16.5. The molecule has 0 amide bonds. The van der Waals surface area contributed by atoms with Crippen LogP contribution in [0.15, 0.2) is 48.6 Å². The third-order valence-corrected chi connectivity index (χ3v) is 9.72. The summed E-state index contributed by atoms with van der Waals surface area (Å²) in [7, 11) is 0. The zero-order chi connectivity index (χ0) is 35.4. The van der Waals surface area contributed by atoms with Gasteiger partial charge in [-0.15, -0.1) is 0 Å². The van der Waals surface area contributed by atoms with Gasteiger partial charge in [0.25, 0.3) is 0 Å². The van der Waals surface area contributed by atoms with Crippen LogP contribution >= 0.6 is 0 Å². The number of hydrogen-bond acceptors (Lipinski definition) is 2. The number of unbranched alkanes of at least 4 members (excludes halogenated alkanes) is 28. The van der Waals surface area contributed by atoms with Gasteiger partial charge in [0.15, 0.2) is 0 Å². The second-order valence-corrected chi connectivity index (χ2v) is 14.7. The molecule has 0 radical (unpaired) electrons. The quantitative estimate of drug-likeness (QED) is 0.0365. The van der Waals surface area contributed by atoms with E-state index in [4.69, 9.17) is 4.74 Å². The first-order valence-electron chi connectivity index (χ1n) is 22.1. The first-order valence-corrected chi connectivity index (χ1v) is 22.1. The molecule has 49 heavy (non-hydrogen) atoms. The van der Waals surface area contributed by atoms with Gasteiger partial charge in [-0.3, -0.25) is 4.79 Å². The van der Waals surface area contributed by atoms with Crippen molar-refractivity contribution < 1.29 is 9.53 Å². The highest BCUT2D eigenvalue weighted by Crippen LogP contribution is 2.16. The Hall–Kier alpha value is -1.57. The average molecular weight is 683 g/mol. The van der Waals surface area contributed by atoms with E-state index in [1.165, 1.54) is 180 Å². The van der Waals surface area contributed by atoms with E-state index in [9.17, 15) is 4.79 Å². The number of carbonyl (C=O) groups excluding carboxylic acids is 1. The second kappa shape index (κ2) is 44.5. The van der Waals surface area contributed by atoms with E-state index >= 15 is 0 Å². The molecule has 0 aromatic rings. The van der Waals surface area contributed by atoms with Gasteiger partial charge < -0.3 is 4.74 Å². The molecule has 0 N–H and O–H groups in total. The van der Waals surface area contributed by atoms with Crippen LogP contribution in [0.1, 0.15) is 239 Å². The lowest BCUT2D eigenvalue weighted by Gasteiger charge is -2.05. The van der Waals surface area contributed by atoms with Gasteiger partial charge in [0, 0.05) is 6.42 Å². The lowest BCUT2D eigenvalue weighted by atomic mass is 10.0. The molecule has 0 aromatic heterocycles. The number of ether oxygens (including phenoxy) is 1. The maximum absolute atomic E-state index is 12.0. The van der Waals surface area contributed by atoms with Crippen LogP contribution in [0.5, 0.6) is 0 Å². The molecule has 0 saturated heterocycles. The summed E-state index contributed by atoms with van der Waals surface area (Å²) in [5.74, 6) is -0.0276. The number of allylic oxidation sites excluding steroid dienone is 8. The predicted molar refractivity (Wildman–Crippen MR) is 220 cm³/mol. The third-order valence-electron chi connectivity index (χ3n) is 9.72.